The van der Waals surface area contributed by atoms with Crippen molar-refractivity contribution in [2.24, 2.45) is 0 Å². The maximum absolute atomic E-state index is 12.2. The normalized spacial score (nSPS) is 13.7. The van der Waals surface area contributed by atoms with E-state index in [0.717, 1.165) is 64.5 Å². The zero-order valence-electron chi connectivity index (χ0n) is 17.9. The number of likely N-dealkylation sites (N-methyl/N-ethyl adjacent to an activating group) is 2. The fourth-order valence-corrected chi connectivity index (χ4v) is 3.06. The molecule has 0 saturated carbocycles. The Morgan fingerprint density at radius 2 is 1.04 bits per heavy atom. The molecule has 26 heavy (non-hydrogen) atoms. The second-order valence-corrected chi connectivity index (χ2v) is 7.53. The topological polar surface area (TPSA) is 64.7 Å². The second-order valence-electron chi connectivity index (χ2n) is 7.53. The zero-order valence-corrected chi connectivity index (χ0v) is 17.9. The average molecular weight is 371 g/mol. The van der Waals surface area contributed by atoms with Crippen LogP contribution in [0.5, 0.6) is 0 Å². The fourth-order valence-electron chi connectivity index (χ4n) is 3.06. The van der Waals surface area contributed by atoms with Crippen molar-refractivity contribution in [3.8, 4) is 0 Å². The molecule has 0 bridgehead atoms. The van der Waals surface area contributed by atoms with Gasteiger partial charge in [-0.25, -0.2) is 0 Å². The first-order valence-electron chi connectivity index (χ1n) is 10.2. The molecule has 0 aromatic carbocycles. The SMILES string of the molecule is CCC[C@@H](C(=O)NCCCCCCNC(=O)[C@H](CCC)N(C)C)N(C)C. The van der Waals surface area contributed by atoms with E-state index >= 15 is 0 Å². The van der Waals surface area contributed by atoms with Gasteiger partial charge in [-0.3, -0.25) is 19.4 Å². The van der Waals surface area contributed by atoms with Gasteiger partial charge in [0.05, 0.1) is 12.1 Å². The molecule has 2 amide bonds. The van der Waals surface area contributed by atoms with Gasteiger partial charge in [0.1, 0.15) is 0 Å². The molecule has 6 nitrogen and oxygen atoms in total. The van der Waals surface area contributed by atoms with Gasteiger partial charge < -0.3 is 10.6 Å². The minimum atomic E-state index is -0.0250. The molecule has 0 saturated heterocycles. The number of rotatable bonds is 15. The minimum Gasteiger partial charge on any atom is -0.355 e. The Morgan fingerprint density at radius 3 is 1.31 bits per heavy atom. The molecule has 0 spiro atoms. The van der Waals surface area contributed by atoms with Crippen molar-refractivity contribution in [2.45, 2.75) is 77.3 Å². The van der Waals surface area contributed by atoms with Crippen LogP contribution in [0.1, 0.15) is 65.2 Å². The summed E-state index contributed by atoms with van der Waals surface area (Å²) in [5.41, 5.74) is 0. The summed E-state index contributed by atoms with van der Waals surface area (Å²) in [6.45, 7) is 5.67. The van der Waals surface area contributed by atoms with Crippen LogP contribution in [0.25, 0.3) is 0 Å². The highest BCUT2D eigenvalue weighted by atomic mass is 16.2. The molecular formula is C20H42N4O2. The molecule has 0 aliphatic heterocycles. The van der Waals surface area contributed by atoms with E-state index in [1.54, 1.807) is 0 Å². The van der Waals surface area contributed by atoms with E-state index in [1.807, 2.05) is 38.0 Å². The number of hydrogen-bond donors (Lipinski definition) is 2. The molecule has 6 heteroatoms. The van der Waals surface area contributed by atoms with Crippen LogP contribution in [0, 0.1) is 0 Å². The van der Waals surface area contributed by atoms with Crippen LogP contribution in [0.2, 0.25) is 0 Å². The van der Waals surface area contributed by atoms with Crippen molar-refractivity contribution in [3.63, 3.8) is 0 Å². The van der Waals surface area contributed by atoms with Crippen LogP contribution < -0.4 is 10.6 Å². The molecule has 0 fully saturated rings. The summed E-state index contributed by atoms with van der Waals surface area (Å²) in [7, 11) is 7.82. The molecule has 0 rings (SSSR count). The summed E-state index contributed by atoms with van der Waals surface area (Å²) in [4.78, 5) is 28.3. The highest BCUT2D eigenvalue weighted by molar-refractivity contribution is 5.82. The van der Waals surface area contributed by atoms with Gasteiger partial charge in [0.2, 0.25) is 11.8 Å². The van der Waals surface area contributed by atoms with Crippen molar-refractivity contribution in [1.82, 2.24) is 20.4 Å². The Kier molecular flexibility index (Phi) is 14.3. The molecule has 0 unspecified atom stereocenters. The molecule has 0 aliphatic rings. The Morgan fingerprint density at radius 1 is 0.692 bits per heavy atom. The Hall–Kier alpha value is -1.14. The third-order valence-corrected chi connectivity index (χ3v) is 4.68. The van der Waals surface area contributed by atoms with Gasteiger partial charge in [-0.05, 0) is 53.9 Å². The third kappa shape index (κ3) is 10.8. The largest absolute Gasteiger partial charge is 0.355 e. The summed E-state index contributed by atoms with van der Waals surface area (Å²) >= 11 is 0. The van der Waals surface area contributed by atoms with Gasteiger partial charge in [-0.15, -0.1) is 0 Å². The highest BCUT2D eigenvalue weighted by Gasteiger charge is 2.19. The Labute approximate surface area is 161 Å². The molecule has 154 valence electrons. The summed E-state index contributed by atoms with van der Waals surface area (Å²) in [5.74, 6) is 0.268. The summed E-state index contributed by atoms with van der Waals surface area (Å²) in [5, 5.41) is 6.09. The Balaban J connectivity index is 3.78. The van der Waals surface area contributed by atoms with Crippen LogP contribution in [-0.2, 0) is 9.59 Å². The maximum Gasteiger partial charge on any atom is 0.237 e. The van der Waals surface area contributed by atoms with Crippen LogP contribution in [0.15, 0.2) is 0 Å². The quantitative estimate of drug-likeness (QED) is 0.434. The average Bonchev–Trinajstić information content (AvgIpc) is 2.58. The zero-order chi connectivity index (χ0) is 19.9. The van der Waals surface area contributed by atoms with Gasteiger partial charge in [-0.2, -0.15) is 0 Å². The number of hydrogen-bond acceptors (Lipinski definition) is 4. The summed E-state index contributed by atoms with van der Waals surface area (Å²) < 4.78 is 0. The second kappa shape index (κ2) is 15.0. The first kappa shape index (κ1) is 24.9. The van der Waals surface area contributed by atoms with E-state index in [0.29, 0.717) is 0 Å². The highest BCUT2D eigenvalue weighted by Crippen LogP contribution is 2.05. The number of carbonyl (C=O) groups is 2. The van der Waals surface area contributed by atoms with Crippen molar-refractivity contribution >= 4 is 11.8 Å². The Bertz CT molecular complexity index is 350. The monoisotopic (exact) mass is 370 g/mol. The van der Waals surface area contributed by atoms with Crippen LogP contribution in [-0.4, -0.2) is 75.0 Å². The first-order chi connectivity index (χ1) is 12.3. The fraction of sp³-hybridized carbons (Fsp3) is 0.900. The molecule has 2 N–H and O–H groups in total. The number of nitrogens with zero attached hydrogens (tertiary/aromatic N) is 2. The van der Waals surface area contributed by atoms with Gasteiger partial charge in [-0.1, -0.05) is 39.5 Å². The van der Waals surface area contributed by atoms with Crippen LogP contribution in [0.4, 0.5) is 0 Å². The summed E-state index contributed by atoms with van der Waals surface area (Å²) in [6, 6.07) is -0.0500. The predicted octanol–water partition coefficient (Wildman–Crippen LogP) is 2.24. The van der Waals surface area contributed by atoms with Gasteiger partial charge in [0.15, 0.2) is 0 Å². The smallest absolute Gasteiger partial charge is 0.237 e. The maximum atomic E-state index is 12.2. The van der Waals surface area contributed by atoms with Crippen LogP contribution >= 0.6 is 0 Å². The molecule has 2 atom stereocenters. The molecule has 0 radical (unpaired) electrons. The molecule has 0 aromatic heterocycles. The lowest BCUT2D eigenvalue weighted by Gasteiger charge is -2.23. The predicted molar refractivity (Wildman–Crippen MR) is 109 cm³/mol. The summed E-state index contributed by atoms with van der Waals surface area (Å²) in [6.07, 6.45) is 7.92. The van der Waals surface area contributed by atoms with E-state index in [1.165, 1.54) is 0 Å². The van der Waals surface area contributed by atoms with Crippen molar-refractivity contribution in [1.29, 1.82) is 0 Å². The lowest BCUT2D eigenvalue weighted by molar-refractivity contribution is -0.126. The third-order valence-electron chi connectivity index (χ3n) is 4.68. The number of nitrogens with one attached hydrogen (secondary N) is 2. The van der Waals surface area contributed by atoms with E-state index in [9.17, 15) is 9.59 Å². The molecule has 0 aliphatic carbocycles. The minimum absolute atomic E-state index is 0.0250. The molecule has 0 aromatic rings. The van der Waals surface area contributed by atoms with Crippen molar-refractivity contribution in [3.05, 3.63) is 0 Å². The lowest BCUT2D eigenvalue weighted by Crippen LogP contribution is -2.43. The molecular weight excluding hydrogens is 328 g/mol. The van der Waals surface area contributed by atoms with Crippen molar-refractivity contribution < 1.29 is 9.59 Å². The van der Waals surface area contributed by atoms with Gasteiger partial charge in [0.25, 0.3) is 0 Å². The standard InChI is InChI=1S/C20H42N4O2/c1-7-13-17(23(3)4)19(25)21-15-11-9-10-12-16-22-20(26)18(14-8-2)24(5)6/h17-18H,7-16H2,1-6H3,(H,21,25)(H,22,26)/t17-,18-/m0/s1. The van der Waals surface area contributed by atoms with E-state index in [-0.39, 0.29) is 23.9 Å². The van der Waals surface area contributed by atoms with Crippen molar-refractivity contribution in [2.75, 3.05) is 41.3 Å². The first-order valence-corrected chi connectivity index (χ1v) is 10.2. The molecule has 0 heterocycles. The number of amides is 2. The van der Waals surface area contributed by atoms with E-state index in [4.69, 9.17) is 0 Å². The number of unbranched alkanes of at least 4 members (excludes halogenated alkanes) is 3. The van der Waals surface area contributed by atoms with E-state index in [2.05, 4.69) is 24.5 Å². The lowest BCUT2D eigenvalue weighted by atomic mass is 10.1. The van der Waals surface area contributed by atoms with Gasteiger partial charge >= 0.3 is 0 Å². The van der Waals surface area contributed by atoms with E-state index < -0.39 is 0 Å². The number of carbonyl (C=O) groups excluding carboxylic acids is 2. The van der Waals surface area contributed by atoms with Gasteiger partial charge in [0, 0.05) is 13.1 Å². The van der Waals surface area contributed by atoms with Crippen LogP contribution in [0.3, 0.4) is 0 Å².